The fourth-order valence-electron chi connectivity index (χ4n) is 1.45. The van der Waals surface area contributed by atoms with Gasteiger partial charge in [-0.15, -0.1) is 0 Å². The number of nitro benzene ring substituents is 1. The van der Waals surface area contributed by atoms with Crippen molar-refractivity contribution in [2.75, 3.05) is 0 Å². The van der Waals surface area contributed by atoms with Crippen LogP contribution in [0.5, 0.6) is 11.6 Å². The maximum Gasteiger partial charge on any atom is 0.273 e. The maximum absolute atomic E-state index is 10.7. The zero-order valence-corrected chi connectivity index (χ0v) is 12.0. The molecule has 0 bridgehead atoms. The van der Waals surface area contributed by atoms with Crippen LogP contribution < -0.4 is 10.5 Å². The van der Waals surface area contributed by atoms with Gasteiger partial charge in [-0.05, 0) is 28.1 Å². The average Bonchev–Trinajstić information content (AvgIpc) is 2.49. The Bertz CT molecular complexity index is 703. The molecule has 0 aliphatic heterocycles. The molecule has 0 aliphatic carbocycles. The van der Waals surface area contributed by atoms with E-state index in [0.717, 1.165) is 0 Å². The molecular weight excluding hydrogens is 344 g/mol. The van der Waals surface area contributed by atoms with E-state index in [9.17, 15) is 10.1 Å². The van der Waals surface area contributed by atoms with E-state index >= 15 is 0 Å². The molecule has 0 spiro atoms. The number of non-ortho nitro benzene ring substituents is 1. The molecule has 8 nitrogen and oxygen atoms in total. The predicted octanol–water partition coefficient (Wildman–Crippen LogP) is 2.64. The summed E-state index contributed by atoms with van der Waals surface area (Å²) < 4.78 is 6.01. The smallest absolute Gasteiger partial charge is 0.273 e. The number of nitrogens with zero attached hydrogens (tertiary/aromatic N) is 3. The average molecular weight is 353 g/mol. The molecule has 0 saturated carbocycles. The van der Waals surface area contributed by atoms with Gasteiger partial charge in [0.15, 0.2) is 11.6 Å². The minimum Gasteiger partial charge on any atom is -0.438 e. The molecule has 1 aromatic heterocycles. The lowest BCUT2D eigenvalue weighted by Gasteiger charge is -2.07. The number of aromatic nitrogens is 1. The molecule has 1 aromatic carbocycles. The van der Waals surface area contributed by atoms with Crippen LogP contribution in [0.4, 0.5) is 5.69 Å². The summed E-state index contributed by atoms with van der Waals surface area (Å²) >= 11 is 3.24. The Morgan fingerprint density at radius 1 is 1.43 bits per heavy atom. The summed E-state index contributed by atoms with van der Waals surface area (Å²) in [6, 6.07) is 7.19. The molecule has 21 heavy (non-hydrogen) atoms. The predicted molar refractivity (Wildman–Crippen MR) is 77.6 cm³/mol. The van der Waals surface area contributed by atoms with Crippen molar-refractivity contribution in [1.29, 1.82) is 0 Å². The number of ether oxygens (including phenoxy) is 1. The summed E-state index contributed by atoms with van der Waals surface area (Å²) in [7, 11) is 0. The van der Waals surface area contributed by atoms with Gasteiger partial charge in [-0.2, -0.15) is 0 Å². The second-order valence-electron chi connectivity index (χ2n) is 3.84. The topological polar surface area (TPSA) is 124 Å². The number of benzene rings is 1. The summed E-state index contributed by atoms with van der Waals surface area (Å²) in [5, 5.41) is 22.1. The normalized spacial score (nSPS) is 11.2. The molecule has 0 amide bonds. The van der Waals surface area contributed by atoms with E-state index in [1.807, 2.05) is 0 Å². The Labute approximate surface area is 127 Å². The van der Waals surface area contributed by atoms with Crippen LogP contribution in [0.25, 0.3) is 0 Å². The standard InChI is InChI=1S/C12H9BrN4O4/c13-9-3-2-8(17(19)20)5-10(9)21-11-4-1-7(6-15-11)12(14)16-18/h1-6,18H,(H2,14,16). The molecule has 0 fully saturated rings. The Morgan fingerprint density at radius 2 is 2.19 bits per heavy atom. The van der Waals surface area contributed by atoms with E-state index < -0.39 is 4.92 Å². The summed E-state index contributed by atoms with van der Waals surface area (Å²) in [5.74, 6) is 0.393. The second-order valence-corrected chi connectivity index (χ2v) is 4.70. The number of oxime groups is 1. The minimum atomic E-state index is -0.520. The lowest BCUT2D eigenvalue weighted by atomic mass is 10.2. The van der Waals surface area contributed by atoms with Crippen LogP contribution in [0.1, 0.15) is 5.56 Å². The molecule has 9 heteroatoms. The number of amidine groups is 1. The Hall–Kier alpha value is -2.68. The van der Waals surface area contributed by atoms with E-state index in [0.29, 0.717) is 10.0 Å². The zero-order chi connectivity index (χ0) is 15.4. The first kappa shape index (κ1) is 14.7. The third-order valence-corrected chi connectivity index (χ3v) is 3.14. The van der Waals surface area contributed by atoms with Crippen LogP contribution in [-0.4, -0.2) is 21.0 Å². The van der Waals surface area contributed by atoms with Crippen molar-refractivity contribution in [1.82, 2.24) is 4.98 Å². The molecule has 0 radical (unpaired) electrons. The van der Waals surface area contributed by atoms with Crippen molar-refractivity contribution < 1.29 is 14.9 Å². The summed E-state index contributed by atoms with van der Waals surface area (Å²) in [4.78, 5) is 14.2. The van der Waals surface area contributed by atoms with Crippen LogP contribution in [-0.2, 0) is 0 Å². The lowest BCUT2D eigenvalue weighted by molar-refractivity contribution is -0.384. The van der Waals surface area contributed by atoms with E-state index in [2.05, 4.69) is 26.1 Å². The van der Waals surface area contributed by atoms with Crippen molar-refractivity contribution in [3.8, 4) is 11.6 Å². The van der Waals surface area contributed by atoms with Gasteiger partial charge in [-0.1, -0.05) is 5.16 Å². The molecule has 0 unspecified atom stereocenters. The molecule has 2 aromatic rings. The first-order valence-corrected chi connectivity index (χ1v) is 6.36. The van der Waals surface area contributed by atoms with Gasteiger partial charge in [0.2, 0.25) is 5.88 Å². The Kier molecular flexibility index (Phi) is 4.33. The Balaban J connectivity index is 2.26. The summed E-state index contributed by atoms with van der Waals surface area (Å²) in [5.41, 5.74) is 5.73. The van der Waals surface area contributed by atoms with E-state index in [4.69, 9.17) is 15.7 Å². The second kappa shape index (κ2) is 6.18. The number of pyridine rings is 1. The number of nitro groups is 1. The molecule has 0 aliphatic rings. The molecule has 108 valence electrons. The molecule has 0 saturated heterocycles. The number of halogens is 1. The third kappa shape index (κ3) is 3.45. The quantitative estimate of drug-likeness (QED) is 0.286. The number of hydrogen-bond donors (Lipinski definition) is 2. The molecule has 0 atom stereocenters. The first-order valence-electron chi connectivity index (χ1n) is 5.57. The third-order valence-electron chi connectivity index (χ3n) is 2.48. The molecule has 3 N–H and O–H groups in total. The van der Waals surface area contributed by atoms with Gasteiger partial charge in [0.05, 0.1) is 15.5 Å². The van der Waals surface area contributed by atoms with Crippen LogP contribution >= 0.6 is 15.9 Å². The minimum absolute atomic E-state index is 0.0782. The SMILES string of the molecule is N/C(=N/O)c1ccc(Oc2cc([N+](=O)[O-])ccc2Br)nc1. The van der Waals surface area contributed by atoms with E-state index in [-0.39, 0.29) is 23.2 Å². The highest BCUT2D eigenvalue weighted by Crippen LogP contribution is 2.32. The monoisotopic (exact) mass is 352 g/mol. The van der Waals surface area contributed by atoms with Gasteiger partial charge in [-0.25, -0.2) is 4.98 Å². The molecular formula is C12H9BrN4O4. The van der Waals surface area contributed by atoms with E-state index in [1.165, 1.54) is 30.5 Å². The van der Waals surface area contributed by atoms with Crippen molar-refractivity contribution >= 4 is 27.5 Å². The van der Waals surface area contributed by atoms with E-state index in [1.54, 1.807) is 6.07 Å². The highest BCUT2D eigenvalue weighted by molar-refractivity contribution is 9.10. The highest BCUT2D eigenvalue weighted by atomic mass is 79.9. The molecule has 2 rings (SSSR count). The summed E-state index contributed by atoms with van der Waals surface area (Å²) in [6.07, 6.45) is 1.36. The van der Waals surface area contributed by atoms with Gasteiger partial charge >= 0.3 is 0 Å². The largest absolute Gasteiger partial charge is 0.438 e. The van der Waals surface area contributed by atoms with Crippen molar-refractivity contribution in [2.24, 2.45) is 10.9 Å². The first-order chi connectivity index (χ1) is 10.0. The lowest BCUT2D eigenvalue weighted by Crippen LogP contribution is -2.13. The van der Waals surface area contributed by atoms with Gasteiger partial charge in [0.25, 0.3) is 5.69 Å². The van der Waals surface area contributed by atoms with Crippen molar-refractivity contribution in [3.05, 3.63) is 56.7 Å². The van der Waals surface area contributed by atoms with Crippen LogP contribution in [0.2, 0.25) is 0 Å². The fourth-order valence-corrected chi connectivity index (χ4v) is 1.77. The van der Waals surface area contributed by atoms with Crippen LogP contribution in [0.3, 0.4) is 0 Å². The van der Waals surface area contributed by atoms with Gasteiger partial charge < -0.3 is 15.7 Å². The number of rotatable bonds is 4. The summed E-state index contributed by atoms with van der Waals surface area (Å²) in [6.45, 7) is 0. The van der Waals surface area contributed by atoms with Gasteiger partial charge in [0, 0.05) is 23.9 Å². The van der Waals surface area contributed by atoms with Crippen LogP contribution in [0.15, 0.2) is 46.2 Å². The number of hydrogen-bond acceptors (Lipinski definition) is 6. The van der Waals surface area contributed by atoms with Crippen molar-refractivity contribution in [2.45, 2.75) is 0 Å². The fraction of sp³-hybridized carbons (Fsp3) is 0. The molecule has 1 heterocycles. The van der Waals surface area contributed by atoms with Gasteiger partial charge in [-0.3, -0.25) is 10.1 Å². The zero-order valence-electron chi connectivity index (χ0n) is 10.4. The highest BCUT2D eigenvalue weighted by Gasteiger charge is 2.12. The maximum atomic E-state index is 10.7. The Morgan fingerprint density at radius 3 is 2.76 bits per heavy atom. The van der Waals surface area contributed by atoms with Gasteiger partial charge in [0.1, 0.15) is 0 Å². The van der Waals surface area contributed by atoms with Crippen LogP contribution in [0, 0.1) is 10.1 Å². The number of nitrogens with two attached hydrogens (primary N) is 1. The van der Waals surface area contributed by atoms with Crippen molar-refractivity contribution in [3.63, 3.8) is 0 Å².